The molecular formula is C19H26FNO2. The van der Waals surface area contributed by atoms with Gasteiger partial charge in [-0.25, -0.2) is 0 Å². The number of nitrogens with zero attached hydrogens (tertiary/aromatic N) is 1. The van der Waals surface area contributed by atoms with Gasteiger partial charge in [-0.05, 0) is 38.2 Å². The van der Waals surface area contributed by atoms with Crippen LogP contribution in [-0.4, -0.2) is 43.3 Å². The number of piperidine rings is 1. The van der Waals surface area contributed by atoms with Crippen molar-refractivity contribution in [3.05, 3.63) is 35.4 Å². The Labute approximate surface area is 137 Å². The van der Waals surface area contributed by atoms with Gasteiger partial charge in [0, 0.05) is 24.5 Å². The predicted octanol–water partition coefficient (Wildman–Crippen LogP) is 3.46. The Balaban J connectivity index is 1.88. The Kier molecular flexibility index (Phi) is 5.00. The lowest BCUT2D eigenvalue weighted by atomic mass is 9.76. The van der Waals surface area contributed by atoms with Crippen molar-refractivity contribution in [2.24, 2.45) is 5.92 Å². The lowest BCUT2D eigenvalue weighted by molar-refractivity contribution is -0.150. The molecule has 3 rings (SSSR count). The summed E-state index contributed by atoms with van der Waals surface area (Å²) in [4.78, 5) is 14.9. The second kappa shape index (κ2) is 7.00. The number of fused-ring (bicyclic) bond motifs is 2. The van der Waals surface area contributed by atoms with Gasteiger partial charge in [0.05, 0.1) is 19.7 Å². The van der Waals surface area contributed by atoms with Gasteiger partial charge in [0.15, 0.2) is 0 Å². The Bertz CT molecular complexity index is 545. The maximum absolute atomic E-state index is 12.6. The van der Waals surface area contributed by atoms with Crippen molar-refractivity contribution in [1.82, 2.24) is 4.90 Å². The molecule has 4 heteroatoms. The number of hydrogen-bond donors (Lipinski definition) is 0. The molecule has 2 saturated heterocycles. The summed E-state index contributed by atoms with van der Waals surface area (Å²) in [5.41, 5.74) is 2.46. The Morgan fingerprint density at radius 2 is 2.04 bits per heavy atom. The summed E-state index contributed by atoms with van der Waals surface area (Å²) in [6.07, 6.45) is 3.63. The first-order valence-corrected chi connectivity index (χ1v) is 8.61. The molecule has 2 aliphatic heterocycles. The number of ether oxygens (including phenoxy) is 1. The van der Waals surface area contributed by atoms with Gasteiger partial charge in [-0.15, -0.1) is 0 Å². The van der Waals surface area contributed by atoms with Crippen LogP contribution >= 0.6 is 0 Å². The summed E-state index contributed by atoms with van der Waals surface area (Å²) in [7, 11) is 1.47. The molecule has 3 nitrogen and oxygen atoms in total. The first-order chi connectivity index (χ1) is 11.2. The summed E-state index contributed by atoms with van der Waals surface area (Å²) in [6.45, 7) is 2.53. The van der Waals surface area contributed by atoms with Crippen molar-refractivity contribution < 1.29 is 13.9 Å². The molecule has 4 unspecified atom stereocenters. The zero-order valence-electron chi connectivity index (χ0n) is 14.0. The molecule has 0 saturated carbocycles. The lowest BCUT2D eigenvalue weighted by Gasteiger charge is -2.43. The van der Waals surface area contributed by atoms with Crippen LogP contribution in [0.4, 0.5) is 4.39 Å². The minimum absolute atomic E-state index is 0.119. The van der Waals surface area contributed by atoms with E-state index in [0.717, 1.165) is 25.8 Å². The van der Waals surface area contributed by atoms with Crippen LogP contribution in [0.1, 0.15) is 42.7 Å². The molecule has 2 heterocycles. The third-order valence-electron chi connectivity index (χ3n) is 5.59. The van der Waals surface area contributed by atoms with E-state index in [1.807, 2.05) is 0 Å². The molecule has 2 aliphatic rings. The van der Waals surface area contributed by atoms with Gasteiger partial charge in [0.2, 0.25) is 0 Å². The van der Waals surface area contributed by atoms with E-state index in [1.165, 1.54) is 18.2 Å². The van der Waals surface area contributed by atoms with Crippen molar-refractivity contribution >= 4 is 5.97 Å². The third-order valence-corrected chi connectivity index (χ3v) is 5.59. The van der Waals surface area contributed by atoms with Gasteiger partial charge < -0.3 is 4.74 Å². The van der Waals surface area contributed by atoms with Gasteiger partial charge in [0.25, 0.3) is 0 Å². The van der Waals surface area contributed by atoms with Crippen LogP contribution in [0.15, 0.2) is 24.3 Å². The topological polar surface area (TPSA) is 29.5 Å². The number of hydrogen-bond acceptors (Lipinski definition) is 3. The van der Waals surface area contributed by atoms with Gasteiger partial charge in [-0.1, -0.05) is 29.8 Å². The number of methoxy groups -OCH3 is 1. The Morgan fingerprint density at radius 3 is 2.70 bits per heavy atom. The maximum atomic E-state index is 12.6. The summed E-state index contributed by atoms with van der Waals surface area (Å²) >= 11 is 0. The lowest BCUT2D eigenvalue weighted by Crippen LogP contribution is -2.51. The second-order valence-corrected chi connectivity index (χ2v) is 6.88. The highest BCUT2D eigenvalue weighted by atomic mass is 18.2. The van der Waals surface area contributed by atoms with Crippen LogP contribution < -0.4 is 0 Å². The van der Waals surface area contributed by atoms with E-state index in [0.29, 0.717) is 12.5 Å². The van der Waals surface area contributed by atoms with E-state index in [4.69, 9.17) is 4.74 Å². The molecule has 4 atom stereocenters. The first kappa shape index (κ1) is 16.4. The highest BCUT2D eigenvalue weighted by Gasteiger charge is 2.50. The molecule has 0 N–H and O–H groups in total. The van der Waals surface area contributed by atoms with Crippen molar-refractivity contribution in [1.29, 1.82) is 0 Å². The summed E-state index contributed by atoms with van der Waals surface area (Å²) in [6, 6.07) is 9.18. The zero-order chi connectivity index (χ0) is 16.4. The van der Waals surface area contributed by atoms with Crippen LogP contribution in [0.5, 0.6) is 0 Å². The minimum atomic E-state index is -0.291. The number of carbonyl (C=O) groups is 1. The number of benzene rings is 1. The van der Waals surface area contributed by atoms with E-state index in [-0.39, 0.29) is 30.5 Å². The number of esters is 1. The summed E-state index contributed by atoms with van der Waals surface area (Å²) in [5.74, 6) is -0.0468. The average Bonchev–Trinajstić information content (AvgIpc) is 2.84. The number of halogens is 1. The SMILES string of the molecule is COC(=O)C1C(c2ccc(C)cc2)CC2CCC1N2CCC[18F]. The monoisotopic (exact) mass is 318 g/mol. The van der Waals surface area contributed by atoms with Crippen LogP contribution in [0.2, 0.25) is 0 Å². The molecular weight excluding hydrogens is 292 g/mol. The largest absolute Gasteiger partial charge is 0.469 e. The fourth-order valence-electron chi connectivity index (χ4n) is 4.52. The normalized spacial score (nSPS) is 30.4. The average molecular weight is 318 g/mol. The van der Waals surface area contributed by atoms with Crippen molar-refractivity contribution in [3.8, 4) is 0 Å². The number of carbonyl (C=O) groups excluding carboxylic acids is 1. The molecule has 0 aliphatic carbocycles. The Hall–Kier alpha value is -1.42. The van der Waals surface area contributed by atoms with Crippen LogP contribution in [0.3, 0.4) is 0 Å². The van der Waals surface area contributed by atoms with Crippen molar-refractivity contribution in [2.45, 2.75) is 50.6 Å². The highest BCUT2D eigenvalue weighted by molar-refractivity contribution is 5.75. The predicted molar refractivity (Wildman–Crippen MR) is 88.2 cm³/mol. The van der Waals surface area contributed by atoms with E-state index in [2.05, 4.69) is 36.1 Å². The standard InChI is InChI=1S/C19H26FNO2/c1-13-4-6-14(7-5-13)16-12-15-8-9-17(18(16)19(22)23-2)21(15)11-3-10-20/h4-7,15-18H,3,8-12H2,1-2H3/i20-1. The second-order valence-electron chi connectivity index (χ2n) is 6.88. The fourth-order valence-corrected chi connectivity index (χ4v) is 4.52. The maximum Gasteiger partial charge on any atom is 0.310 e. The molecule has 0 spiro atoms. The van der Waals surface area contributed by atoms with E-state index < -0.39 is 0 Å². The molecule has 0 amide bonds. The number of aryl methyl sites for hydroxylation is 1. The Morgan fingerprint density at radius 1 is 1.30 bits per heavy atom. The molecule has 2 bridgehead atoms. The smallest absolute Gasteiger partial charge is 0.310 e. The van der Waals surface area contributed by atoms with Crippen molar-refractivity contribution in [3.63, 3.8) is 0 Å². The quantitative estimate of drug-likeness (QED) is 0.779. The molecule has 126 valence electrons. The minimum Gasteiger partial charge on any atom is -0.469 e. The van der Waals surface area contributed by atoms with Crippen LogP contribution in [-0.2, 0) is 9.53 Å². The van der Waals surface area contributed by atoms with Gasteiger partial charge in [0.1, 0.15) is 0 Å². The summed E-state index contributed by atoms with van der Waals surface area (Å²) < 4.78 is 17.7. The van der Waals surface area contributed by atoms with Crippen LogP contribution in [0.25, 0.3) is 0 Å². The van der Waals surface area contributed by atoms with E-state index >= 15 is 0 Å². The molecule has 1 aromatic carbocycles. The number of rotatable bonds is 5. The zero-order valence-corrected chi connectivity index (χ0v) is 14.0. The summed E-state index contributed by atoms with van der Waals surface area (Å²) in [5, 5.41) is 0. The first-order valence-electron chi connectivity index (χ1n) is 8.61. The van der Waals surface area contributed by atoms with E-state index in [1.54, 1.807) is 0 Å². The fraction of sp³-hybridized carbons (Fsp3) is 0.632. The molecule has 2 fully saturated rings. The van der Waals surface area contributed by atoms with Gasteiger partial charge in [-0.3, -0.25) is 14.1 Å². The van der Waals surface area contributed by atoms with Gasteiger partial charge >= 0.3 is 5.97 Å². The van der Waals surface area contributed by atoms with Crippen molar-refractivity contribution in [2.75, 3.05) is 20.3 Å². The highest BCUT2D eigenvalue weighted by Crippen LogP contribution is 2.47. The molecule has 0 aromatic heterocycles. The van der Waals surface area contributed by atoms with Crippen LogP contribution in [0, 0.1) is 12.8 Å². The van der Waals surface area contributed by atoms with Gasteiger partial charge in [-0.2, -0.15) is 0 Å². The number of alkyl halides is 1. The molecule has 1 aromatic rings. The molecule has 23 heavy (non-hydrogen) atoms. The van der Waals surface area contributed by atoms with E-state index in [9.17, 15) is 9.18 Å². The molecule has 0 radical (unpaired) electrons. The third kappa shape index (κ3) is 3.14.